The second-order valence-corrected chi connectivity index (χ2v) is 6.22. The van der Waals surface area contributed by atoms with Crippen LogP contribution in [0, 0.1) is 0 Å². The Morgan fingerprint density at radius 1 is 0.633 bits per heavy atom. The summed E-state index contributed by atoms with van der Waals surface area (Å²) in [4.78, 5) is 47.4. The van der Waals surface area contributed by atoms with Crippen LogP contribution in [0.3, 0.4) is 0 Å². The number of hydrogen-bond donors (Lipinski definition) is 0. The molecule has 2 atom stereocenters. The molecular weight excluding hydrogens is 392 g/mol. The number of carbonyl (C=O) groups is 4. The number of benzene rings is 2. The van der Waals surface area contributed by atoms with Crippen molar-refractivity contribution in [1.29, 1.82) is 0 Å². The van der Waals surface area contributed by atoms with Crippen molar-refractivity contribution in [2.75, 3.05) is 13.2 Å². The smallest absolute Gasteiger partial charge is 0.338 e. The molecule has 0 saturated heterocycles. The van der Waals surface area contributed by atoms with E-state index in [9.17, 15) is 19.2 Å². The number of esters is 4. The van der Waals surface area contributed by atoms with Crippen molar-refractivity contribution in [1.82, 2.24) is 0 Å². The lowest BCUT2D eigenvalue weighted by molar-refractivity contribution is -0.171. The SMILES string of the molecule is CC(=O)O[C@@H](COC(=O)c1ccccc1)[C@@H](COC(=O)c1ccccc1)OC(C)=O. The van der Waals surface area contributed by atoms with E-state index in [2.05, 4.69) is 0 Å². The van der Waals surface area contributed by atoms with E-state index >= 15 is 0 Å². The molecule has 8 nitrogen and oxygen atoms in total. The molecule has 0 bridgehead atoms. The molecule has 2 aromatic rings. The summed E-state index contributed by atoms with van der Waals surface area (Å²) in [5.41, 5.74) is 0.609. The van der Waals surface area contributed by atoms with Crippen molar-refractivity contribution >= 4 is 23.9 Å². The second kappa shape index (κ2) is 11.4. The van der Waals surface area contributed by atoms with Gasteiger partial charge in [0, 0.05) is 13.8 Å². The standard InChI is InChI=1S/C22H22O8/c1-15(23)29-19(13-27-21(25)17-9-5-3-6-10-17)20(30-16(2)24)14-28-22(26)18-11-7-4-8-12-18/h3-12,19-20H,13-14H2,1-2H3/t19-,20+. The third-order valence-corrected chi connectivity index (χ3v) is 3.83. The molecule has 0 spiro atoms. The Kier molecular flexibility index (Phi) is 8.56. The largest absolute Gasteiger partial charge is 0.458 e. The molecule has 0 fully saturated rings. The van der Waals surface area contributed by atoms with Crippen LogP contribution in [-0.4, -0.2) is 49.3 Å². The van der Waals surface area contributed by atoms with E-state index in [0.29, 0.717) is 11.1 Å². The van der Waals surface area contributed by atoms with Crippen LogP contribution in [0.15, 0.2) is 60.7 Å². The van der Waals surface area contributed by atoms with Crippen LogP contribution in [0.5, 0.6) is 0 Å². The molecule has 30 heavy (non-hydrogen) atoms. The molecule has 0 N–H and O–H groups in total. The molecule has 0 radical (unpaired) electrons. The fraction of sp³-hybridized carbons (Fsp3) is 0.273. The number of rotatable bonds is 9. The van der Waals surface area contributed by atoms with E-state index in [0.717, 1.165) is 13.8 Å². The van der Waals surface area contributed by atoms with Crippen LogP contribution in [0.4, 0.5) is 0 Å². The maximum atomic E-state index is 12.2. The van der Waals surface area contributed by atoms with Gasteiger partial charge in [0.2, 0.25) is 0 Å². The van der Waals surface area contributed by atoms with E-state index in [1.807, 2.05) is 0 Å². The average Bonchev–Trinajstić information content (AvgIpc) is 2.74. The maximum absolute atomic E-state index is 12.2. The Hall–Kier alpha value is -3.68. The fourth-order valence-electron chi connectivity index (χ4n) is 2.49. The topological polar surface area (TPSA) is 105 Å². The van der Waals surface area contributed by atoms with E-state index in [1.165, 1.54) is 0 Å². The van der Waals surface area contributed by atoms with Crippen LogP contribution < -0.4 is 0 Å². The van der Waals surface area contributed by atoms with Crippen molar-refractivity contribution in [3.8, 4) is 0 Å². The molecular formula is C22H22O8. The van der Waals surface area contributed by atoms with Crippen molar-refractivity contribution in [2.45, 2.75) is 26.1 Å². The minimum Gasteiger partial charge on any atom is -0.458 e. The van der Waals surface area contributed by atoms with Gasteiger partial charge in [-0.2, -0.15) is 0 Å². The van der Waals surface area contributed by atoms with Gasteiger partial charge in [0.15, 0.2) is 12.2 Å². The molecule has 8 heteroatoms. The highest BCUT2D eigenvalue weighted by Crippen LogP contribution is 2.11. The van der Waals surface area contributed by atoms with Gasteiger partial charge >= 0.3 is 23.9 Å². The lowest BCUT2D eigenvalue weighted by Crippen LogP contribution is -2.42. The lowest BCUT2D eigenvalue weighted by atomic mass is 10.2. The summed E-state index contributed by atoms with van der Waals surface area (Å²) in [5.74, 6) is -2.64. The van der Waals surface area contributed by atoms with E-state index in [1.54, 1.807) is 60.7 Å². The van der Waals surface area contributed by atoms with Gasteiger partial charge in [-0.3, -0.25) is 9.59 Å². The summed E-state index contributed by atoms with van der Waals surface area (Å²) in [6.07, 6.45) is -2.33. The van der Waals surface area contributed by atoms with E-state index in [4.69, 9.17) is 18.9 Å². The Labute approximate surface area is 173 Å². The van der Waals surface area contributed by atoms with Gasteiger partial charge in [0.25, 0.3) is 0 Å². The fourth-order valence-corrected chi connectivity index (χ4v) is 2.49. The van der Waals surface area contributed by atoms with Gasteiger partial charge in [-0.25, -0.2) is 9.59 Å². The quantitative estimate of drug-likeness (QED) is 0.455. The Morgan fingerprint density at radius 3 is 1.27 bits per heavy atom. The summed E-state index contributed by atoms with van der Waals surface area (Å²) >= 11 is 0. The molecule has 0 amide bonds. The Bertz CT molecular complexity index is 790. The van der Waals surface area contributed by atoms with Crippen LogP contribution >= 0.6 is 0 Å². The zero-order valence-corrected chi connectivity index (χ0v) is 16.6. The minimum absolute atomic E-state index is 0.304. The van der Waals surface area contributed by atoms with Gasteiger partial charge in [-0.05, 0) is 24.3 Å². The van der Waals surface area contributed by atoms with E-state index < -0.39 is 49.3 Å². The molecule has 2 rings (SSSR count). The zero-order valence-electron chi connectivity index (χ0n) is 16.6. The summed E-state index contributed by atoms with van der Waals surface area (Å²) < 4.78 is 20.7. The monoisotopic (exact) mass is 414 g/mol. The molecule has 0 aliphatic heterocycles. The van der Waals surface area contributed by atoms with Gasteiger partial charge in [-0.15, -0.1) is 0 Å². The number of hydrogen-bond acceptors (Lipinski definition) is 8. The Balaban J connectivity index is 2.07. The number of carbonyl (C=O) groups excluding carboxylic acids is 4. The summed E-state index contributed by atoms with van der Waals surface area (Å²) in [5, 5.41) is 0. The summed E-state index contributed by atoms with van der Waals surface area (Å²) in [7, 11) is 0. The van der Waals surface area contributed by atoms with Gasteiger partial charge in [0.1, 0.15) is 13.2 Å². The van der Waals surface area contributed by atoms with Crippen LogP contribution in [0.1, 0.15) is 34.6 Å². The van der Waals surface area contributed by atoms with Gasteiger partial charge in [-0.1, -0.05) is 36.4 Å². The first kappa shape index (κ1) is 22.6. The first-order valence-corrected chi connectivity index (χ1v) is 9.15. The van der Waals surface area contributed by atoms with E-state index in [-0.39, 0.29) is 0 Å². The molecule has 0 unspecified atom stereocenters. The predicted molar refractivity (Wildman–Crippen MR) is 105 cm³/mol. The molecule has 158 valence electrons. The van der Waals surface area contributed by atoms with Crippen molar-refractivity contribution in [3.63, 3.8) is 0 Å². The Morgan fingerprint density at radius 2 is 0.967 bits per heavy atom. The first-order valence-electron chi connectivity index (χ1n) is 9.15. The average molecular weight is 414 g/mol. The third kappa shape index (κ3) is 7.38. The minimum atomic E-state index is -1.16. The first-order chi connectivity index (χ1) is 14.4. The predicted octanol–water partition coefficient (Wildman–Crippen LogP) is 2.56. The van der Waals surface area contributed by atoms with Crippen molar-refractivity contribution in [3.05, 3.63) is 71.8 Å². The highest BCUT2D eigenvalue weighted by atomic mass is 16.6. The second-order valence-electron chi connectivity index (χ2n) is 6.22. The molecule has 0 aromatic heterocycles. The summed E-state index contributed by atoms with van der Waals surface area (Å²) in [6, 6.07) is 16.4. The van der Waals surface area contributed by atoms with Crippen molar-refractivity contribution < 1.29 is 38.1 Å². The maximum Gasteiger partial charge on any atom is 0.338 e. The highest BCUT2D eigenvalue weighted by Gasteiger charge is 2.30. The normalized spacial score (nSPS) is 12.2. The van der Waals surface area contributed by atoms with Crippen LogP contribution in [0.25, 0.3) is 0 Å². The third-order valence-electron chi connectivity index (χ3n) is 3.83. The summed E-state index contributed by atoms with van der Waals surface area (Å²) in [6.45, 7) is 1.53. The van der Waals surface area contributed by atoms with Gasteiger partial charge < -0.3 is 18.9 Å². The zero-order chi connectivity index (χ0) is 21.9. The van der Waals surface area contributed by atoms with Crippen LogP contribution in [0.2, 0.25) is 0 Å². The molecule has 2 aromatic carbocycles. The molecule has 0 aliphatic rings. The molecule has 0 heterocycles. The highest BCUT2D eigenvalue weighted by molar-refractivity contribution is 5.89. The van der Waals surface area contributed by atoms with Crippen LogP contribution in [-0.2, 0) is 28.5 Å². The number of ether oxygens (including phenoxy) is 4. The molecule has 0 aliphatic carbocycles. The van der Waals surface area contributed by atoms with Gasteiger partial charge in [0.05, 0.1) is 11.1 Å². The molecule has 0 saturated carbocycles. The lowest BCUT2D eigenvalue weighted by Gasteiger charge is -2.25. The van der Waals surface area contributed by atoms with Crippen molar-refractivity contribution in [2.24, 2.45) is 0 Å².